The van der Waals surface area contributed by atoms with Crippen molar-refractivity contribution in [1.29, 1.82) is 0 Å². The molecule has 0 atom stereocenters. The molecule has 0 unspecified atom stereocenters. The lowest BCUT2D eigenvalue weighted by Crippen LogP contribution is -2.28. The van der Waals surface area contributed by atoms with Crippen molar-refractivity contribution in [2.45, 2.75) is 27.3 Å². The Bertz CT molecular complexity index is 672. The summed E-state index contributed by atoms with van der Waals surface area (Å²) in [5, 5.41) is 2.82. The van der Waals surface area contributed by atoms with Crippen molar-refractivity contribution in [1.82, 2.24) is 10.3 Å². The smallest absolute Gasteiger partial charge is 0.258 e. The number of aromatic nitrogens is 1. The lowest BCUT2D eigenvalue weighted by Gasteiger charge is -2.14. The molecule has 0 fully saturated rings. The number of carbonyl (C=O) groups excluding carboxylic acids is 1. The van der Waals surface area contributed by atoms with Crippen molar-refractivity contribution in [2.24, 2.45) is 0 Å². The summed E-state index contributed by atoms with van der Waals surface area (Å²) in [6.45, 7) is 6.48. The minimum atomic E-state index is -0.151. The zero-order valence-electron chi connectivity index (χ0n) is 12.9. The molecular formula is C17H19BrN2O2. The van der Waals surface area contributed by atoms with E-state index in [-0.39, 0.29) is 12.5 Å². The van der Waals surface area contributed by atoms with Crippen LogP contribution in [0.15, 0.2) is 35.1 Å². The van der Waals surface area contributed by atoms with Gasteiger partial charge in [0.25, 0.3) is 5.91 Å². The van der Waals surface area contributed by atoms with Crippen LogP contribution < -0.4 is 10.1 Å². The summed E-state index contributed by atoms with van der Waals surface area (Å²) in [6.07, 6.45) is 3.43. The highest BCUT2D eigenvalue weighted by Crippen LogP contribution is 2.31. The average molecular weight is 363 g/mol. The molecule has 2 rings (SSSR count). The quantitative estimate of drug-likeness (QED) is 0.885. The van der Waals surface area contributed by atoms with Crippen LogP contribution in [0.3, 0.4) is 0 Å². The van der Waals surface area contributed by atoms with E-state index in [1.54, 1.807) is 12.4 Å². The Morgan fingerprint density at radius 1 is 1.32 bits per heavy atom. The van der Waals surface area contributed by atoms with Gasteiger partial charge >= 0.3 is 0 Å². The van der Waals surface area contributed by atoms with Gasteiger partial charge in [-0.25, -0.2) is 0 Å². The molecule has 0 saturated heterocycles. The van der Waals surface area contributed by atoms with E-state index in [2.05, 4.69) is 26.2 Å². The standard InChI is InChI=1S/C17H19BrN2O2/c1-11-7-15(12(2)13(3)17(11)18)22-10-16(21)20-9-14-5-4-6-19-8-14/h4-8H,9-10H2,1-3H3,(H,20,21). The van der Waals surface area contributed by atoms with Crippen LogP contribution in [0.1, 0.15) is 22.3 Å². The Hall–Kier alpha value is -1.88. The van der Waals surface area contributed by atoms with E-state index in [1.165, 1.54) is 0 Å². The van der Waals surface area contributed by atoms with Gasteiger partial charge in [-0.05, 0) is 55.2 Å². The molecule has 0 aliphatic rings. The van der Waals surface area contributed by atoms with Gasteiger partial charge in [0, 0.05) is 23.4 Å². The first kappa shape index (κ1) is 16.5. The maximum absolute atomic E-state index is 11.9. The van der Waals surface area contributed by atoms with E-state index in [9.17, 15) is 4.79 Å². The summed E-state index contributed by atoms with van der Waals surface area (Å²) in [5.74, 6) is 0.594. The van der Waals surface area contributed by atoms with Crippen LogP contribution in [-0.4, -0.2) is 17.5 Å². The van der Waals surface area contributed by atoms with Gasteiger partial charge in [-0.3, -0.25) is 9.78 Å². The molecule has 2 aromatic rings. The first-order valence-corrected chi connectivity index (χ1v) is 7.83. The minimum absolute atomic E-state index is 0.00160. The first-order valence-electron chi connectivity index (χ1n) is 7.03. The zero-order chi connectivity index (χ0) is 16.1. The Morgan fingerprint density at radius 3 is 2.77 bits per heavy atom. The third-order valence-electron chi connectivity index (χ3n) is 3.53. The number of benzene rings is 1. The van der Waals surface area contributed by atoms with Crippen molar-refractivity contribution >= 4 is 21.8 Å². The lowest BCUT2D eigenvalue weighted by molar-refractivity contribution is -0.123. The molecule has 22 heavy (non-hydrogen) atoms. The summed E-state index contributed by atoms with van der Waals surface area (Å²) in [5.41, 5.74) is 4.22. The normalized spacial score (nSPS) is 10.4. The average Bonchev–Trinajstić information content (AvgIpc) is 2.54. The van der Waals surface area contributed by atoms with E-state index in [1.807, 2.05) is 39.0 Å². The van der Waals surface area contributed by atoms with Gasteiger partial charge < -0.3 is 10.1 Å². The second-order valence-corrected chi connectivity index (χ2v) is 5.98. The number of hydrogen-bond acceptors (Lipinski definition) is 3. The second-order valence-electron chi connectivity index (χ2n) is 5.18. The third-order valence-corrected chi connectivity index (χ3v) is 4.75. The molecule has 0 saturated carbocycles. The number of rotatable bonds is 5. The number of aryl methyl sites for hydroxylation is 1. The van der Waals surface area contributed by atoms with E-state index in [0.29, 0.717) is 6.54 Å². The van der Waals surface area contributed by atoms with Gasteiger partial charge in [0.05, 0.1) is 0 Å². The van der Waals surface area contributed by atoms with E-state index < -0.39 is 0 Å². The van der Waals surface area contributed by atoms with Crippen LogP contribution in [0.4, 0.5) is 0 Å². The van der Waals surface area contributed by atoms with Crippen molar-refractivity contribution in [3.05, 3.63) is 57.3 Å². The number of halogens is 1. The van der Waals surface area contributed by atoms with Crippen molar-refractivity contribution in [3.63, 3.8) is 0 Å². The second kappa shape index (κ2) is 7.40. The summed E-state index contributed by atoms with van der Waals surface area (Å²) >= 11 is 3.55. The number of amides is 1. The van der Waals surface area contributed by atoms with Crippen molar-refractivity contribution < 1.29 is 9.53 Å². The van der Waals surface area contributed by atoms with Crippen LogP contribution in [0.5, 0.6) is 5.75 Å². The molecule has 0 bridgehead atoms. The molecule has 0 spiro atoms. The highest BCUT2D eigenvalue weighted by atomic mass is 79.9. The van der Waals surface area contributed by atoms with Crippen molar-refractivity contribution in [3.8, 4) is 5.75 Å². The zero-order valence-corrected chi connectivity index (χ0v) is 14.5. The van der Waals surface area contributed by atoms with Gasteiger partial charge in [-0.1, -0.05) is 22.0 Å². The summed E-state index contributed by atoms with van der Waals surface area (Å²) in [6, 6.07) is 5.70. The fraction of sp³-hybridized carbons (Fsp3) is 0.294. The molecule has 1 amide bonds. The monoisotopic (exact) mass is 362 g/mol. The predicted octanol–water partition coefficient (Wildman–Crippen LogP) is 3.46. The van der Waals surface area contributed by atoms with Crippen LogP contribution in [0.2, 0.25) is 0 Å². The molecule has 0 radical (unpaired) electrons. The van der Waals surface area contributed by atoms with Gasteiger partial charge in [0.1, 0.15) is 5.75 Å². The SMILES string of the molecule is Cc1cc(OCC(=O)NCc2cccnc2)c(C)c(C)c1Br. The molecule has 116 valence electrons. The number of pyridine rings is 1. The fourth-order valence-corrected chi connectivity index (χ4v) is 2.47. The number of nitrogens with zero attached hydrogens (tertiary/aromatic N) is 1. The summed E-state index contributed by atoms with van der Waals surface area (Å²) < 4.78 is 6.74. The Kier molecular flexibility index (Phi) is 5.55. The van der Waals surface area contributed by atoms with E-state index in [4.69, 9.17) is 4.74 Å². The predicted molar refractivity (Wildman–Crippen MR) is 89.9 cm³/mol. The maximum atomic E-state index is 11.9. The van der Waals surface area contributed by atoms with Crippen LogP contribution in [0, 0.1) is 20.8 Å². The van der Waals surface area contributed by atoms with Crippen LogP contribution in [-0.2, 0) is 11.3 Å². The molecule has 0 aliphatic heterocycles. The topological polar surface area (TPSA) is 51.2 Å². The number of ether oxygens (including phenoxy) is 1. The molecule has 1 aromatic carbocycles. The van der Waals surface area contributed by atoms with E-state index >= 15 is 0 Å². The Balaban J connectivity index is 1.92. The number of hydrogen-bond donors (Lipinski definition) is 1. The van der Waals surface area contributed by atoms with Crippen molar-refractivity contribution in [2.75, 3.05) is 6.61 Å². The molecule has 4 nitrogen and oxygen atoms in total. The molecule has 5 heteroatoms. The lowest BCUT2D eigenvalue weighted by atomic mass is 10.1. The van der Waals surface area contributed by atoms with Gasteiger partial charge in [-0.15, -0.1) is 0 Å². The highest BCUT2D eigenvalue weighted by Gasteiger charge is 2.10. The molecule has 0 aliphatic carbocycles. The minimum Gasteiger partial charge on any atom is -0.483 e. The number of nitrogens with one attached hydrogen (secondary N) is 1. The molecule has 1 N–H and O–H groups in total. The Labute approximate surface area is 139 Å². The van der Waals surface area contributed by atoms with Crippen LogP contribution >= 0.6 is 15.9 Å². The summed E-state index contributed by atoms with van der Waals surface area (Å²) in [7, 11) is 0. The highest BCUT2D eigenvalue weighted by molar-refractivity contribution is 9.10. The molecule has 1 heterocycles. The fourth-order valence-electron chi connectivity index (χ4n) is 2.06. The largest absolute Gasteiger partial charge is 0.483 e. The van der Waals surface area contributed by atoms with E-state index in [0.717, 1.165) is 32.5 Å². The number of carbonyl (C=O) groups is 1. The van der Waals surface area contributed by atoms with Gasteiger partial charge in [0.15, 0.2) is 6.61 Å². The summed E-state index contributed by atoms with van der Waals surface area (Å²) in [4.78, 5) is 15.9. The third kappa shape index (κ3) is 4.07. The van der Waals surface area contributed by atoms with Gasteiger partial charge in [0.2, 0.25) is 0 Å². The molecular weight excluding hydrogens is 344 g/mol. The van der Waals surface area contributed by atoms with Crippen LogP contribution in [0.25, 0.3) is 0 Å². The van der Waals surface area contributed by atoms with Gasteiger partial charge in [-0.2, -0.15) is 0 Å². The molecule has 1 aromatic heterocycles. The maximum Gasteiger partial charge on any atom is 0.258 e. The first-order chi connectivity index (χ1) is 10.5. The Morgan fingerprint density at radius 2 is 2.09 bits per heavy atom.